The highest BCUT2D eigenvalue weighted by Crippen LogP contribution is 2.07. The summed E-state index contributed by atoms with van der Waals surface area (Å²) in [5.74, 6) is 0.889. The molecule has 0 spiro atoms. The van der Waals surface area contributed by atoms with Gasteiger partial charge in [0.05, 0.1) is 12.6 Å². The number of aliphatic hydroxyl groups is 1. The summed E-state index contributed by atoms with van der Waals surface area (Å²) in [6.45, 7) is 5.65. The van der Waals surface area contributed by atoms with E-state index >= 15 is 0 Å². The Labute approximate surface area is 133 Å². The lowest BCUT2D eigenvalue weighted by Gasteiger charge is -2.21. The maximum absolute atomic E-state index is 12.0. The van der Waals surface area contributed by atoms with Crippen molar-refractivity contribution in [2.24, 2.45) is 5.92 Å². The van der Waals surface area contributed by atoms with E-state index in [1.54, 1.807) is 6.92 Å². The minimum absolute atomic E-state index is 0.0794. The molecule has 2 aromatic rings. The lowest BCUT2D eigenvalue weighted by Crippen LogP contribution is -2.41. The van der Waals surface area contributed by atoms with Gasteiger partial charge in [-0.2, -0.15) is 9.50 Å². The summed E-state index contributed by atoms with van der Waals surface area (Å²) in [4.78, 5) is 32.2. The molecule has 0 aliphatic heterocycles. The van der Waals surface area contributed by atoms with Gasteiger partial charge < -0.3 is 10.4 Å². The third kappa shape index (κ3) is 4.16. The molecule has 0 aromatic carbocycles. The minimum atomic E-state index is -0.241. The normalized spacial score (nSPS) is 13.9. The Kier molecular flexibility index (Phi) is 5.49. The third-order valence-corrected chi connectivity index (χ3v) is 3.97. The Balaban J connectivity index is 1.99. The Morgan fingerprint density at radius 3 is 2.87 bits per heavy atom. The Hall–Kier alpha value is -2.22. The summed E-state index contributed by atoms with van der Waals surface area (Å²) < 4.78 is 1.26. The van der Waals surface area contributed by atoms with Gasteiger partial charge in [-0.25, -0.2) is 4.98 Å². The average molecular weight is 321 g/mol. The molecule has 0 saturated carbocycles. The number of fused-ring (bicyclic) bond motifs is 1. The van der Waals surface area contributed by atoms with Gasteiger partial charge in [-0.05, 0) is 12.8 Å². The van der Waals surface area contributed by atoms with Crippen molar-refractivity contribution in [3.63, 3.8) is 0 Å². The maximum Gasteiger partial charge on any atom is 0.274 e. The molecule has 23 heavy (non-hydrogen) atoms. The number of aromatic nitrogens is 4. The standard InChI is InChI=1S/C15H23N5O3/c1-4-9(2)11(8-21)17-13(22)6-5-12-18-15-16-10(3)7-14(23)20(15)19-12/h7,9,11,21H,4-6,8H2,1-3H3,(H,17,22)(H,16,18,19)/t9-,11-/m1/s1. The number of rotatable bonds is 7. The molecule has 0 bridgehead atoms. The second-order valence-corrected chi connectivity index (χ2v) is 5.78. The molecular formula is C15H23N5O3. The fourth-order valence-corrected chi connectivity index (χ4v) is 2.31. The minimum Gasteiger partial charge on any atom is -0.394 e. The number of carbonyl (C=O) groups excluding carboxylic acids is 1. The van der Waals surface area contributed by atoms with E-state index in [0.29, 0.717) is 23.7 Å². The number of amides is 1. The molecule has 0 aliphatic rings. The van der Waals surface area contributed by atoms with Crippen molar-refractivity contribution in [1.82, 2.24) is 24.9 Å². The van der Waals surface area contributed by atoms with Crippen LogP contribution in [0.25, 0.3) is 5.78 Å². The van der Waals surface area contributed by atoms with Crippen molar-refractivity contribution in [3.05, 3.63) is 27.9 Å². The number of nitrogens with one attached hydrogen (secondary N) is 2. The number of aliphatic hydroxyl groups excluding tert-OH is 1. The van der Waals surface area contributed by atoms with Crippen LogP contribution < -0.4 is 10.9 Å². The van der Waals surface area contributed by atoms with Crippen molar-refractivity contribution >= 4 is 11.7 Å². The van der Waals surface area contributed by atoms with E-state index in [9.17, 15) is 14.7 Å². The molecule has 1 amide bonds. The number of H-pyrrole nitrogens is 1. The highest BCUT2D eigenvalue weighted by molar-refractivity contribution is 5.76. The summed E-state index contributed by atoms with van der Waals surface area (Å²) in [6.07, 6.45) is 1.47. The van der Waals surface area contributed by atoms with Crippen LogP contribution in [0.4, 0.5) is 0 Å². The van der Waals surface area contributed by atoms with E-state index < -0.39 is 0 Å². The van der Waals surface area contributed by atoms with Crippen molar-refractivity contribution < 1.29 is 9.90 Å². The van der Waals surface area contributed by atoms with Gasteiger partial charge in [0.1, 0.15) is 5.82 Å². The zero-order valence-electron chi connectivity index (χ0n) is 13.7. The van der Waals surface area contributed by atoms with Gasteiger partial charge >= 0.3 is 0 Å². The molecule has 2 heterocycles. The average Bonchev–Trinajstić information content (AvgIpc) is 2.93. The molecule has 126 valence electrons. The lowest BCUT2D eigenvalue weighted by atomic mass is 10.00. The topological polar surface area (TPSA) is 112 Å². The molecule has 0 fully saturated rings. The molecule has 3 N–H and O–H groups in total. The number of hydrogen-bond acceptors (Lipinski definition) is 5. The van der Waals surface area contributed by atoms with Crippen LogP contribution in [0.15, 0.2) is 10.9 Å². The van der Waals surface area contributed by atoms with Crippen LogP contribution >= 0.6 is 0 Å². The number of carbonyl (C=O) groups is 1. The molecule has 0 saturated heterocycles. The zero-order chi connectivity index (χ0) is 17.0. The number of hydrogen-bond donors (Lipinski definition) is 3. The molecule has 8 heteroatoms. The van der Waals surface area contributed by atoms with Gasteiger partial charge in [-0.15, -0.1) is 0 Å². The third-order valence-electron chi connectivity index (χ3n) is 3.97. The fraction of sp³-hybridized carbons (Fsp3) is 0.600. The van der Waals surface area contributed by atoms with E-state index in [2.05, 4.69) is 20.4 Å². The van der Waals surface area contributed by atoms with E-state index in [1.165, 1.54) is 10.6 Å². The van der Waals surface area contributed by atoms with Crippen molar-refractivity contribution in [1.29, 1.82) is 0 Å². The van der Waals surface area contributed by atoms with Crippen LogP contribution in [0.3, 0.4) is 0 Å². The fourth-order valence-electron chi connectivity index (χ4n) is 2.31. The molecule has 0 radical (unpaired) electrons. The van der Waals surface area contributed by atoms with Crippen LogP contribution in [-0.2, 0) is 11.2 Å². The SMILES string of the molecule is CC[C@@H](C)[C@@H](CO)NC(=O)CCc1nc2nc(C)cc(=O)n2[nH]1. The molecule has 8 nitrogen and oxygen atoms in total. The van der Waals surface area contributed by atoms with Gasteiger partial charge in [0.25, 0.3) is 11.3 Å². The van der Waals surface area contributed by atoms with Crippen LogP contribution in [0.1, 0.15) is 38.2 Å². The van der Waals surface area contributed by atoms with E-state index in [4.69, 9.17) is 0 Å². The van der Waals surface area contributed by atoms with Crippen molar-refractivity contribution in [2.45, 2.75) is 46.1 Å². The van der Waals surface area contributed by atoms with E-state index in [0.717, 1.165) is 6.42 Å². The van der Waals surface area contributed by atoms with Gasteiger partial charge in [-0.1, -0.05) is 20.3 Å². The van der Waals surface area contributed by atoms with Crippen molar-refractivity contribution in [3.8, 4) is 0 Å². The molecule has 2 aromatic heterocycles. The smallest absolute Gasteiger partial charge is 0.274 e. The van der Waals surface area contributed by atoms with Gasteiger partial charge in [0.15, 0.2) is 0 Å². The van der Waals surface area contributed by atoms with Gasteiger partial charge in [-0.3, -0.25) is 14.7 Å². The van der Waals surface area contributed by atoms with Gasteiger partial charge in [0, 0.05) is 24.6 Å². The zero-order valence-corrected chi connectivity index (χ0v) is 13.7. The second kappa shape index (κ2) is 7.36. The summed E-state index contributed by atoms with van der Waals surface area (Å²) in [7, 11) is 0. The molecule has 2 atom stereocenters. The molecule has 0 unspecified atom stereocenters. The largest absolute Gasteiger partial charge is 0.394 e. The highest BCUT2D eigenvalue weighted by atomic mass is 16.3. The van der Waals surface area contributed by atoms with Gasteiger partial charge in [0.2, 0.25) is 5.91 Å². The number of aromatic amines is 1. The summed E-state index contributed by atoms with van der Waals surface area (Å²) in [5, 5.41) is 15.0. The number of aryl methyl sites for hydroxylation is 2. The van der Waals surface area contributed by atoms with Crippen LogP contribution in [-0.4, -0.2) is 43.2 Å². The monoisotopic (exact) mass is 321 g/mol. The Bertz CT molecular complexity index is 736. The quantitative estimate of drug-likeness (QED) is 0.673. The van der Waals surface area contributed by atoms with Crippen LogP contribution in [0.2, 0.25) is 0 Å². The van der Waals surface area contributed by atoms with Crippen LogP contribution in [0, 0.1) is 12.8 Å². The predicted octanol–water partition coefficient (Wildman–Crippen LogP) is 0.182. The molecule has 2 rings (SSSR count). The summed E-state index contributed by atoms with van der Waals surface area (Å²) >= 11 is 0. The summed E-state index contributed by atoms with van der Waals surface area (Å²) in [5.41, 5.74) is 0.373. The Morgan fingerprint density at radius 1 is 1.48 bits per heavy atom. The first kappa shape index (κ1) is 17.1. The van der Waals surface area contributed by atoms with Crippen molar-refractivity contribution in [2.75, 3.05) is 6.61 Å². The second-order valence-electron chi connectivity index (χ2n) is 5.78. The van der Waals surface area contributed by atoms with E-state index in [-0.39, 0.29) is 36.5 Å². The molecular weight excluding hydrogens is 298 g/mol. The summed E-state index contributed by atoms with van der Waals surface area (Å²) in [6, 6.07) is 1.18. The lowest BCUT2D eigenvalue weighted by molar-refractivity contribution is -0.122. The maximum atomic E-state index is 12.0. The Morgan fingerprint density at radius 2 is 2.22 bits per heavy atom. The van der Waals surface area contributed by atoms with E-state index in [1.807, 2.05) is 13.8 Å². The molecule has 0 aliphatic carbocycles. The first-order valence-electron chi connectivity index (χ1n) is 7.80. The van der Waals surface area contributed by atoms with Crippen LogP contribution in [0.5, 0.6) is 0 Å². The first-order chi connectivity index (χ1) is 10.9. The highest BCUT2D eigenvalue weighted by Gasteiger charge is 2.17. The predicted molar refractivity (Wildman–Crippen MR) is 85.1 cm³/mol. The number of nitrogens with zero attached hydrogens (tertiary/aromatic N) is 3. The first-order valence-corrected chi connectivity index (χ1v) is 7.80.